The Bertz CT molecular complexity index is 894. The van der Waals surface area contributed by atoms with Gasteiger partial charge in [0.15, 0.2) is 23.7 Å². The Morgan fingerprint density at radius 3 is 2.21 bits per heavy atom. The molecule has 2 aromatic carbocycles. The molecule has 3 rings (SSSR count). The number of rotatable bonds is 6. The van der Waals surface area contributed by atoms with Gasteiger partial charge < -0.3 is 33.5 Å². The molecule has 156 valence electrons. The molecule has 1 unspecified atom stereocenters. The van der Waals surface area contributed by atoms with Gasteiger partial charge in [-0.25, -0.2) is 0 Å². The minimum Gasteiger partial charge on any atom is -0.496 e. The molecule has 8 heteroatoms. The molecule has 1 aliphatic heterocycles. The predicted octanol–water partition coefficient (Wildman–Crippen LogP) is 2.82. The van der Waals surface area contributed by atoms with Crippen molar-refractivity contribution in [2.75, 3.05) is 28.4 Å². The zero-order chi connectivity index (χ0) is 21.1. The van der Waals surface area contributed by atoms with Gasteiger partial charge in [0.1, 0.15) is 23.4 Å². The van der Waals surface area contributed by atoms with E-state index in [1.54, 1.807) is 30.3 Å². The van der Waals surface area contributed by atoms with Gasteiger partial charge in [-0.15, -0.1) is 0 Å². The van der Waals surface area contributed by atoms with Crippen LogP contribution >= 0.6 is 0 Å². The fourth-order valence-electron chi connectivity index (χ4n) is 3.39. The molecular formula is C21H24O8. The van der Waals surface area contributed by atoms with Crippen LogP contribution in [-0.4, -0.2) is 45.6 Å². The van der Waals surface area contributed by atoms with Crippen LogP contribution in [0.2, 0.25) is 0 Å². The van der Waals surface area contributed by atoms with E-state index in [0.29, 0.717) is 39.9 Å². The van der Waals surface area contributed by atoms with Crippen molar-refractivity contribution < 1.29 is 38.3 Å². The van der Waals surface area contributed by atoms with E-state index in [1.165, 1.54) is 35.4 Å². The molecule has 0 amide bonds. The third-order valence-corrected chi connectivity index (χ3v) is 4.73. The molecule has 0 radical (unpaired) electrons. The lowest BCUT2D eigenvalue weighted by Gasteiger charge is -2.37. The number of carbonyl (C=O) groups is 1. The Hall–Kier alpha value is -3.13. The number of hydrogen-bond donors (Lipinski definition) is 1. The smallest absolute Gasteiger partial charge is 0.303 e. The monoisotopic (exact) mass is 404 g/mol. The first kappa shape index (κ1) is 20.6. The van der Waals surface area contributed by atoms with Gasteiger partial charge in [-0.2, -0.15) is 0 Å². The SMILES string of the molecule is COc1cc(OC)c2c(c1)O[C@H](c1ccc(OC)c(OC)c1)[C@@H](OC(C)=O)C2O. The average molecular weight is 404 g/mol. The van der Waals surface area contributed by atoms with Crippen LogP contribution < -0.4 is 23.7 Å². The highest BCUT2D eigenvalue weighted by atomic mass is 16.6. The summed E-state index contributed by atoms with van der Waals surface area (Å²) in [6.45, 7) is 1.28. The summed E-state index contributed by atoms with van der Waals surface area (Å²) in [7, 11) is 6.05. The first-order valence-electron chi connectivity index (χ1n) is 8.93. The standard InChI is InChI=1S/C21H24O8/c1-11(22)28-21-19(23)18-16(27-5)9-13(24-2)10-17(18)29-20(21)12-6-7-14(25-3)15(8-12)26-4/h6-10,19-21,23H,1-5H3/t19?,20-,21+/m1/s1. The summed E-state index contributed by atoms with van der Waals surface area (Å²) >= 11 is 0. The minimum atomic E-state index is -1.18. The number of fused-ring (bicyclic) bond motifs is 1. The fraction of sp³-hybridized carbons (Fsp3) is 0.381. The van der Waals surface area contributed by atoms with Crippen LogP contribution in [0.3, 0.4) is 0 Å². The van der Waals surface area contributed by atoms with E-state index < -0.39 is 24.3 Å². The molecule has 0 bridgehead atoms. The summed E-state index contributed by atoms with van der Waals surface area (Å²) in [6.07, 6.45) is -2.97. The molecule has 1 N–H and O–H groups in total. The number of aliphatic hydroxyl groups excluding tert-OH is 1. The van der Waals surface area contributed by atoms with Crippen molar-refractivity contribution in [2.24, 2.45) is 0 Å². The van der Waals surface area contributed by atoms with Gasteiger partial charge in [0.2, 0.25) is 0 Å². The molecule has 0 fully saturated rings. The molecule has 2 aromatic rings. The van der Waals surface area contributed by atoms with Crippen LogP contribution in [0.4, 0.5) is 0 Å². The summed E-state index contributed by atoms with van der Waals surface area (Å²) in [4.78, 5) is 11.7. The first-order valence-corrected chi connectivity index (χ1v) is 8.93. The maximum absolute atomic E-state index is 11.7. The number of ether oxygens (including phenoxy) is 6. The summed E-state index contributed by atoms with van der Waals surface area (Å²) in [6, 6.07) is 8.48. The highest BCUT2D eigenvalue weighted by Crippen LogP contribution is 2.49. The summed E-state index contributed by atoms with van der Waals surface area (Å²) in [5.74, 6) is 1.73. The van der Waals surface area contributed by atoms with Gasteiger partial charge in [-0.05, 0) is 12.1 Å². The highest BCUT2D eigenvalue weighted by Gasteiger charge is 2.43. The second-order valence-electron chi connectivity index (χ2n) is 6.41. The van der Waals surface area contributed by atoms with E-state index in [0.717, 1.165) is 0 Å². The van der Waals surface area contributed by atoms with Crippen LogP contribution in [0.25, 0.3) is 0 Å². The van der Waals surface area contributed by atoms with Crippen molar-refractivity contribution in [2.45, 2.75) is 25.2 Å². The van der Waals surface area contributed by atoms with Gasteiger partial charge in [0.05, 0.1) is 34.0 Å². The van der Waals surface area contributed by atoms with Crippen molar-refractivity contribution in [3.63, 3.8) is 0 Å². The van der Waals surface area contributed by atoms with Crippen molar-refractivity contribution in [1.82, 2.24) is 0 Å². The Balaban J connectivity index is 2.13. The zero-order valence-corrected chi connectivity index (χ0v) is 16.9. The summed E-state index contributed by atoms with van der Waals surface area (Å²) in [5.41, 5.74) is 1.02. The Labute approximate surface area is 168 Å². The summed E-state index contributed by atoms with van der Waals surface area (Å²) in [5, 5.41) is 11.1. The van der Waals surface area contributed by atoms with Crippen molar-refractivity contribution in [3.05, 3.63) is 41.5 Å². The van der Waals surface area contributed by atoms with Crippen LogP contribution in [0.15, 0.2) is 30.3 Å². The Kier molecular flexibility index (Phi) is 6.03. The zero-order valence-electron chi connectivity index (χ0n) is 16.9. The van der Waals surface area contributed by atoms with E-state index >= 15 is 0 Å². The predicted molar refractivity (Wildman–Crippen MR) is 103 cm³/mol. The fourth-order valence-corrected chi connectivity index (χ4v) is 3.39. The molecule has 0 aliphatic carbocycles. The summed E-state index contributed by atoms with van der Waals surface area (Å²) < 4.78 is 32.9. The molecule has 0 aromatic heterocycles. The van der Waals surface area contributed by atoms with Crippen LogP contribution in [-0.2, 0) is 9.53 Å². The number of hydrogen-bond acceptors (Lipinski definition) is 8. The highest BCUT2D eigenvalue weighted by molar-refractivity contribution is 5.66. The van der Waals surface area contributed by atoms with Crippen molar-refractivity contribution >= 4 is 5.97 Å². The van der Waals surface area contributed by atoms with Crippen LogP contribution in [0.5, 0.6) is 28.7 Å². The molecular weight excluding hydrogens is 380 g/mol. The molecule has 0 spiro atoms. The van der Waals surface area contributed by atoms with E-state index in [9.17, 15) is 9.90 Å². The molecule has 1 heterocycles. The molecule has 29 heavy (non-hydrogen) atoms. The molecule has 3 atom stereocenters. The van der Waals surface area contributed by atoms with Crippen molar-refractivity contribution in [3.8, 4) is 28.7 Å². The molecule has 0 saturated heterocycles. The molecule has 1 aliphatic rings. The minimum absolute atomic E-state index is 0.370. The number of methoxy groups -OCH3 is 4. The quantitative estimate of drug-likeness (QED) is 0.735. The number of esters is 1. The third-order valence-electron chi connectivity index (χ3n) is 4.73. The maximum atomic E-state index is 11.7. The van der Waals surface area contributed by atoms with Gasteiger partial charge in [0, 0.05) is 24.6 Å². The third kappa shape index (κ3) is 3.88. The van der Waals surface area contributed by atoms with Gasteiger partial charge >= 0.3 is 5.97 Å². The largest absolute Gasteiger partial charge is 0.496 e. The Morgan fingerprint density at radius 2 is 1.62 bits per heavy atom. The normalized spacial score (nSPS) is 20.1. The number of carbonyl (C=O) groups excluding carboxylic acids is 1. The second kappa shape index (κ2) is 8.48. The lowest BCUT2D eigenvalue weighted by molar-refractivity contribution is -0.164. The number of benzene rings is 2. The van der Waals surface area contributed by atoms with Gasteiger partial charge in [-0.3, -0.25) is 4.79 Å². The van der Waals surface area contributed by atoms with Gasteiger partial charge in [-0.1, -0.05) is 6.07 Å². The first-order chi connectivity index (χ1) is 13.9. The molecule has 8 nitrogen and oxygen atoms in total. The van der Waals surface area contributed by atoms with Crippen LogP contribution in [0.1, 0.15) is 30.3 Å². The second-order valence-corrected chi connectivity index (χ2v) is 6.41. The van der Waals surface area contributed by atoms with Crippen molar-refractivity contribution in [1.29, 1.82) is 0 Å². The topological polar surface area (TPSA) is 92.7 Å². The van der Waals surface area contributed by atoms with E-state index in [-0.39, 0.29) is 0 Å². The van der Waals surface area contributed by atoms with E-state index in [1.807, 2.05) is 0 Å². The number of aliphatic hydroxyl groups is 1. The molecule has 0 saturated carbocycles. The van der Waals surface area contributed by atoms with E-state index in [4.69, 9.17) is 28.4 Å². The lowest BCUT2D eigenvalue weighted by Crippen LogP contribution is -2.38. The average Bonchev–Trinajstić information content (AvgIpc) is 2.73. The maximum Gasteiger partial charge on any atom is 0.303 e. The van der Waals surface area contributed by atoms with Crippen LogP contribution in [0, 0.1) is 0 Å². The van der Waals surface area contributed by atoms with Gasteiger partial charge in [0.25, 0.3) is 0 Å². The Morgan fingerprint density at radius 1 is 0.931 bits per heavy atom. The van der Waals surface area contributed by atoms with E-state index in [2.05, 4.69) is 0 Å². The lowest BCUT2D eigenvalue weighted by atomic mass is 9.91.